The number of carboxylic acids is 1. The fourth-order valence-electron chi connectivity index (χ4n) is 2.02. The van der Waals surface area contributed by atoms with Gasteiger partial charge in [-0.05, 0) is 25.9 Å². The largest absolute Gasteiger partial charge is 0.481 e. The lowest BCUT2D eigenvalue weighted by atomic mass is 10.2. The molecule has 0 radical (unpaired) electrons. The van der Waals surface area contributed by atoms with Gasteiger partial charge in [-0.1, -0.05) is 12.8 Å². The van der Waals surface area contributed by atoms with Crippen LogP contribution in [0.15, 0.2) is 0 Å². The molecule has 98 valence electrons. The van der Waals surface area contributed by atoms with Gasteiger partial charge in [-0.15, -0.1) is 0 Å². The minimum atomic E-state index is -0.877. The number of carbonyl (C=O) groups excluding carboxylic acids is 1. The molecule has 5 nitrogen and oxygen atoms in total. The number of carboxylic acid groups (broad SMARTS) is 1. The maximum atomic E-state index is 11.4. The van der Waals surface area contributed by atoms with E-state index in [2.05, 4.69) is 10.2 Å². The lowest BCUT2D eigenvalue weighted by Gasteiger charge is -2.19. The average molecular weight is 242 g/mol. The Morgan fingerprint density at radius 2 is 1.71 bits per heavy atom. The summed E-state index contributed by atoms with van der Waals surface area (Å²) >= 11 is 0. The Bertz CT molecular complexity index is 248. The van der Waals surface area contributed by atoms with Gasteiger partial charge >= 0.3 is 5.97 Å². The molecule has 1 aliphatic rings. The standard InChI is InChI=1S/C12H22N2O3/c15-11(13-7-5-12(16)17)6-10-14-8-3-1-2-4-9-14/h1-10H2,(H,13,15)(H,16,17). The molecule has 0 bridgehead atoms. The van der Waals surface area contributed by atoms with Gasteiger partial charge in [0.1, 0.15) is 0 Å². The number of amides is 1. The monoisotopic (exact) mass is 242 g/mol. The molecule has 1 fully saturated rings. The first-order valence-electron chi connectivity index (χ1n) is 6.39. The van der Waals surface area contributed by atoms with E-state index in [1.807, 2.05) is 0 Å². The highest BCUT2D eigenvalue weighted by Crippen LogP contribution is 2.09. The third kappa shape index (κ3) is 6.94. The molecule has 0 unspecified atom stereocenters. The summed E-state index contributed by atoms with van der Waals surface area (Å²) in [6.45, 7) is 3.19. The van der Waals surface area contributed by atoms with Crippen molar-refractivity contribution in [3.8, 4) is 0 Å². The summed E-state index contributed by atoms with van der Waals surface area (Å²) < 4.78 is 0. The van der Waals surface area contributed by atoms with E-state index in [9.17, 15) is 9.59 Å². The van der Waals surface area contributed by atoms with E-state index in [1.165, 1.54) is 25.7 Å². The van der Waals surface area contributed by atoms with Crippen molar-refractivity contribution in [1.82, 2.24) is 10.2 Å². The zero-order valence-electron chi connectivity index (χ0n) is 10.3. The van der Waals surface area contributed by atoms with Crippen LogP contribution in [0.25, 0.3) is 0 Å². The predicted molar refractivity (Wildman–Crippen MR) is 64.8 cm³/mol. The summed E-state index contributed by atoms with van der Waals surface area (Å²) in [5.74, 6) is -0.923. The zero-order chi connectivity index (χ0) is 12.5. The molecule has 5 heteroatoms. The number of hydrogen-bond acceptors (Lipinski definition) is 3. The van der Waals surface area contributed by atoms with Crippen LogP contribution < -0.4 is 5.32 Å². The molecule has 1 heterocycles. The van der Waals surface area contributed by atoms with Crippen LogP contribution >= 0.6 is 0 Å². The maximum Gasteiger partial charge on any atom is 0.305 e. The molecule has 0 spiro atoms. The number of hydrogen-bond donors (Lipinski definition) is 2. The Hall–Kier alpha value is -1.10. The Morgan fingerprint density at radius 1 is 1.06 bits per heavy atom. The minimum absolute atomic E-state index is 0.00451. The molecule has 0 aromatic rings. The second-order valence-corrected chi connectivity index (χ2v) is 4.50. The summed E-state index contributed by atoms with van der Waals surface area (Å²) in [5, 5.41) is 11.1. The molecule has 2 N–H and O–H groups in total. The molecule has 1 saturated heterocycles. The first kappa shape index (κ1) is 14.0. The van der Waals surface area contributed by atoms with Crippen LogP contribution in [0.1, 0.15) is 38.5 Å². The van der Waals surface area contributed by atoms with Gasteiger partial charge in [0.25, 0.3) is 0 Å². The van der Waals surface area contributed by atoms with E-state index in [-0.39, 0.29) is 18.9 Å². The van der Waals surface area contributed by atoms with Crippen LogP contribution in [0.5, 0.6) is 0 Å². The average Bonchev–Trinajstić information content (AvgIpc) is 2.54. The first-order valence-corrected chi connectivity index (χ1v) is 6.39. The van der Waals surface area contributed by atoms with Crippen LogP contribution in [0.2, 0.25) is 0 Å². The topological polar surface area (TPSA) is 69.6 Å². The number of nitrogens with zero attached hydrogens (tertiary/aromatic N) is 1. The van der Waals surface area contributed by atoms with E-state index in [4.69, 9.17) is 5.11 Å². The first-order chi connectivity index (χ1) is 8.18. The van der Waals surface area contributed by atoms with E-state index < -0.39 is 5.97 Å². The van der Waals surface area contributed by atoms with Gasteiger partial charge < -0.3 is 15.3 Å². The maximum absolute atomic E-state index is 11.4. The molecule has 17 heavy (non-hydrogen) atoms. The predicted octanol–water partition coefficient (Wildman–Crippen LogP) is 0.843. The zero-order valence-corrected chi connectivity index (χ0v) is 10.3. The van der Waals surface area contributed by atoms with Gasteiger partial charge in [-0.2, -0.15) is 0 Å². The van der Waals surface area contributed by atoms with Gasteiger partial charge in [0.2, 0.25) is 5.91 Å². The second-order valence-electron chi connectivity index (χ2n) is 4.50. The van der Waals surface area contributed by atoms with Crippen LogP contribution in [0.4, 0.5) is 0 Å². The van der Waals surface area contributed by atoms with Crippen LogP contribution in [-0.2, 0) is 9.59 Å². The Balaban J connectivity index is 2.07. The van der Waals surface area contributed by atoms with E-state index >= 15 is 0 Å². The van der Waals surface area contributed by atoms with Gasteiger partial charge in [-0.3, -0.25) is 9.59 Å². The van der Waals surface area contributed by atoms with E-state index in [0.29, 0.717) is 6.42 Å². The SMILES string of the molecule is O=C(O)CCNC(=O)CCN1CCCCCC1. The van der Waals surface area contributed by atoms with Gasteiger partial charge in [0.15, 0.2) is 0 Å². The van der Waals surface area contributed by atoms with Gasteiger partial charge in [0.05, 0.1) is 6.42 Å². The molecule has 0 aromatic carbocycles. The van der Waals surface area contributed by atoms with Gasteiger partial charge in [0, 0.05) is 19.5 Å². The number of likely N-dealkylation sites (tertiary alicyclic amines) is 1. The summed E-state index contributed by atoms with van der Waals surface area (Å²) in [7, 11) is 0. The highest BCUT2D eigenvalue weighted by Gasteiger charge is 2.10. The quantitative estimate of drug-likeness (QED) is 0.724. The van der Waals surface area contributed by atoms with Crippen molar-refractivity contribution < 1.29 is 14.7 Å². The molecule has 0 saturated carbocycles. The van der Waals surface area contributed by atoms with Crippen molar-refractivity contribution in [2.75, 3.05) is 26.2 Å². The van der Waals surface area contributed by atoms with Crippen molar-refractivity contribution in [3.63, 3.8) is 0 Å². The molecular weight excluding hydrogens is 220 g/mol. The Labute approximate surface area is 102 Å². The lowest BCUT2D eigenvalue weighted by Crippen LogP contribution is -2.32. The van der Waals surface area contributed by atoms with Crippen molar-refractivity contribution in [1.29, 1.82) is 0 Å². The molecule has 1 amide bonds. The van der Waals surface area contributed by atoms with Crippen LogP contribution in [-0.4, -0.2) is 48.1 Å². The van der Waals surface area contributed by atoms with Crippen LogP contribution in [0, 0.1) is 0 Å². The summed E-state index contributed by atoms with van der Waals surface area (Å²) in [4.78, 5) is 24.0. The minimum Gasteiger partial charge on any atom is -0.481 e. The molecule has 0 aliphatic carbocycles. The van der Waals surface area contributed by atoms with E-state index in [1.54, 1.807) is 0 Å². The summed E-state index contributed by atoms with van der Waals surface area (Å²) in [5.41, 5.74) is 0. The third-order valence-corrected chi connectivity index (χ3v) is 3.01. The smallest absolute Gasteiger partial charge is 0.305 e. The van der Waals surface area contributed by atoms with Crippen molar-refractivity contribution in [2.45, 2.75) is 38.5 Å². The van der Waals surface area contributed by atoms with Crippen molar-refractivity contribution >= 4 is 11.9 Å². The Morgan fingerprint density at radius 3 is 2.29 bits per heavy atom. The highest BCUT2D eigenvalue weighted by atomic mass is 16.4. The summed E-state index contributed by atoms with van der Waals surface area (Å²) in [6, 6.07) is 0. The second kappa shape index (κ2) is 8.06. The van der Waals surface area contributed by atoms with Crippen LogP contribution in [0.3, 0.4) is 0 Å². The molecule has 1 aliphatic heterocycles. The highest BCUT2D eigenvalue weighted by molar-refractivity contribution is 5.76. The van der Waals surface area contributed by atoms with Crippen molar-refractivity contribution in [2.24, 2.45) is 0 Å². The lowest BCUT2D eigenvalue weighted by molar-refractivity contribution is -0.136. The van der Waals surface area contributed by atoms with Crippen molar-refractivity contribution in [3.05, 3.63) is 0 Å². The summed E-state index contributed by atoms with van der Waals surface area (Å²) in [6.07, 6.45) is 5.50. The third-order valence-electron chi connectivity index (χ3n) is 3.01. The van der Waals surface area contributed by atoms with E-state index in [0.717, 1.165) is 19.6 Å². The fraction of sp³-hybridized carbons (Fsp3) is 0.833. The molecule has 1 rings (SSSR count). The Kier molecular flexibility index (Phi) is 6.62. The number of nitrogens with one attached hydrogen (secondary N) is 1. The fourth-order valence-corrected chi connectivity index (χ4v) is 2.02. The number of aliphatic carboxylic acids is 1. The molecule has 0 aromatic heterocycles. The molecule has 0 atom stereocenters. The normalized spacial score (nSPS) is 17.4. The molecular formula is C12H22N2O3. The van der Waals surface area contributed by atoms with Gasteiger partial charge in [-0.25, -0.2) is 0 Å². The number of rotatable bonds is 6. The number of carbonyl (C=O) groups is 2.